The van der Waals surface area contributed by atoms with Crippen LogP contribution in [0, 0.1) is 0 Å². The molecule has 132 valence electrons. The first-order valence-electron chi connectivity index (χ1n) is 8.96. The van der Waals surface area contributed by atoms with Crippen LogP contribution in [0.5, 0.6) is 5.75 Å². The minimum absolute atomic E-state index is 0.289. The lowest BCUT2D eigenvalue weighted by atomic mass is 9.76. The molecule has 4 heteroatoms. The van der Waals surface area contributed by atoms with E-state index in [9.17, 15) is 5.21 Å². The van der Waals surface area contributed by atoms with Gasteiger partial charge in [-0.3, -0.25) is 5.21 Å². The van der Waals surface area contributed by atoms with Gasteiger partial charge in [-0.1, -0.05) is 48.5 Å². The Morgan fingerprint density at radius 2 is 1.69 bits per heavy atom. The molecule has 1 atom stereocenters. The molecule has 0 aromatic heterocycles. The SMILES string of the molecule is CN1c2ccccc2C(C)(C)C12CN(O)c1c(ccc3ccccc13)O2. The molecule has 1 N–H and O–H groups in total. The zero-order valence-corrected chi connectivity index (χ0v) is 15.2. The molecule has 5 rings (SSSR count). The average Bonchev–Trinajstić information content (AvgIpc) is 2.80. The van der Waals surface area contributed by atoms with Crippen LogP contribution in [0.15, 0.2) is 60.7 Å². The zero-order valence-electron chi connectivity index (χ0n) is 15.2. The van der Waals surface area contributed by atoms with Crippen LogP contribution in [0.1, 0.15) is 19.4 Å². The predicted molar refractivity (Wildman–Crippen MR) is 104 cm³/mol. The highest BCUT2D eigenvalue weighted by Gasteiger charge is 2.60. The van der Waals surface area contributed by atoms with Crippen LogP contribution in [-0.2, 0) is 5.41 Å². The summed E-state index contributed by atoms with van der Waals surface area (Å²) >= 11 is 0. The third-order valence-corrected chi connectivity index (χ3v) is 6.22. The van der Waals surface area contributed by atoms with Crippen molar-refractivity contribution in [2.75, 3.05) is 23.6 Å². The van der Waals surface area contributed by atoms with Crippen molar-refractivity contribution >= 4 is 22.1 Å². The average molecular weight is 346 g/mol. The minimum atomic E-state index is -0.680. The van der Waals surface area contributed by atoms with Crippen molar-refractivity contribution in [3.05, 3.63) is 66.2 Å². The van der Waals surface area contributed by atoms with Crippen molar-refractivity contribution in [3.8, 4) is 5.75 Å². The number of anilines is 2. The summed E-state index contributed by atoms with van der Waals surface area (Å²) in [6.07, 6.45) is 0. The van der Waals surface area contributed by atoms with E-state index in [1.165, 1.54) is 10.6 Å². The second-order valence-corrected chi connectivity index (χ2v) is 7.78. The number of rotatable bonds is 0. The number of hydrogen-bond donors (Lipinski definition) is 1. The third-order valence-electron chi connectivity index (χ3n) is 6.22. The van der Waals surface area contributed by atoms with Crippen LogP contribution in [0.2, 0.25) is 0 Å². The van der Waals surface area contributed by atoms with Crippen LogP contribution in [-0.4, -0.2) is 24.5 Å². The molecule has 2 aliphatic rings. The zero-order chi connectivity index (χ0) is 18.1. The Morgan fingerprint density at radius 3 is 2.50 bits per heavy atom. The lowest BCUT2D eigenvalue weighted by Gasteiger charge is -2.50. The standard InChI is InChI=1S/C22H22N2O2/c1-21(2)17-10-6-7-11-18(17)23(3)22(21)14-24(25)20-16-9-5-4-8-15(16)12-13-19(20)26-22/h4-13,25H,14H2,1-3H3. The van der Waals surface area contributed by atoms with E-state index < -0.39 is 5.72 Å². The van der Waals surface area contributed by atoms with E-state index in [1.807, 2.05) is 37.4 Å². The van der Waals surface area contributed by atoms with E-state index in [0.717, 1.165) is 22.1 Å². The predicted octanol–water partition coefficient (Wildman–Crippen LogP) is 4.55. The summed E-state index contributed by atoms with van der Waals surface area (Å²) in [5.41, 5.74) is 2.16. The van der Waals surface area contributed by atoms with Crippen molar-refractivity contribution in [1.82, 2.24) is 0 Å². The molecule has 0 bridgehead atoms. The second kappa shape index (κ2) is 4.92. The lowest BCUT2D eigenvalue weighted by Crippen LogP contribution is -2.66. The summed E-state index contributed by atoms with van der Waals surface area (Å²) in [7, 11) is 2.05. The summed E-state index contributed by atoms with van der Waals surface area (Å²) in [4.78, 5) is 2.17. The normalized spacial score (nSPS) is 23.1. The van der Waals surface area contributed by atoms with E-state index in [1.54, 1.807) is 0 Å². The van der Waals surface area contributed by atoms with Gasteiger partial charge in [0.15, 0.2) is 0 Å². The van der Waals surface area contributed by atoms with Gasteiger partial charge in [0.2, 0.25) is 5.72 Å². The molecule has 0 saturated heterocycles. The Bertz CT molecular complexity index is 1030. The molecule has 1 unspecified atom stereocenters. The fourth-order valence-electron chi connectivity index (χ4n) is 4.70. The topological polar surface area (TPSA) is 35.9 Å². The smallest absolute Gasteiger partial charge is 0.212 e. The molecule has 26 heavy (non-hydrogen) atoms. The Morgan fingerprint density at radius 1 is 0.962 bits per heavy atom. The third kappa shape index (κ3) is 1.72. The highest BCUT2D eigenvalue weighted by molar-refractivity contribution is 5.97. The quantitative estimate of drug-likeness (QED) is 0.648. The maximum atomic E-state index is 11.0. The molecule has 2 aliphatic heterocycles. The first-order chi connectivity index (χ1) is 12.5. The summed E-state index contributed by atoms with van der Waals surface area (Å²) in [5.74, 6) is 0.713. The maximum Gasteiger partial charge on any atom is 0.212 e. The van der Waals surface area contributed by atoms with Crippen molar-refractivity contribution in [3.63, 3.8) is 0 Å². The minimum Gasteiger partial charge on any atom is -0.463 e. The van der Waals surface area contributed by atoms with Crippen LogP contribution >= 0.6 is 0 Å². The first-order valence-corrected chi connectivity index (χ1v) is 8.96. The molecular weight excluding hydrogens is 324 g/mol. The number of nitrogens with zero attached hydrogens (tertiary/aromatic N) is 2. The Hall–Kier alpha value is -2.72. The van der Waals surface area contributed by atoms with Gasteiger partial charge in [0.25, 0.3) is 0 Å². The van der Waals surface area contributed by atoms with Gasteiger partial charge in [0.1, 0.15) is 18.0 Å². The van der Waals surface area contributed by atoms with Crippen molar-refractivity contribution in [2.45, 2.75) is 25.0 Å². The Kier molecular flexibility index (Phi) is 2.94. The summed E-state index contributed by atoms with van der Waals surface area (Å²) in [5, 5.41) is 14.5. The monoisotopic (exact) mass is 346 g/mol. The highest BCUT2D eigenvalue weighted by atomic mass is 16.6. The molecule has 0 fully saturated rings. The van der Waals surface area contributed by atoms with Gasteiger partial charge >= 0.3 is 0 Å². The molecule has 0 aliphatic carbocycles. The fourth-order valence-corrected chi connectivity index (χ4v) is 4.70. The second-order valence-electron chi connectivity index (χ2n) is 7.78. The van der Waals surface area contributed by atoms with Gasteiger partial charge in [-0.15, -0.1) is 0 Å². The number of benzene rings is 3. The molecular formula is C22H22N2O2. The highest BCUT2D eigenvalue weighted by Crippen LogP contribution is 2.55. The molecule has 0 radical (unpaired) electrons. The summed E-state index contributed by atoms with van der Waals surface area (Å²) in [6.45, 7) is 4.75. The molecule has 0 amide bonds. The lowest BCUT2D eigenvalue weighted by molar-refractivity contribution is -0.0102. The number of fused-ring (bicyclic) bond motifs is 4. The first kappa shape index (κ1) is 15.5. The van der Waals surface area contributed by atoms with Crippen LogP contribution in [0.3, 0.4) is 0 Å². The van der Waals surface area contributed by atoms with Crippen LogP contribution < -0.4 is 14.7 Å². The molecule has 1 spiro atoms. The van der Waals surface area contributed by atoms with Gasteiger partial charge in [-0.05, 0) is 36.9 Å². The molecule has 2 heterocycles. The number of hydroxylamine groups is 1. The largest absolute Gasteiger partial charge is 0.463 e. The van der Waals surface area contributed by atoms with Gasteiger partial charge in [-0.2, -0.15) is 0 Å². The van der Waals surface area contributed by atoms with Gasteiger partial charge in [-0.25, -0.2) is 5.06 Å². The number of hydrogen-bond acceptors (Lipinski definition) is 4. The number of para-hydroxylation sites is 1. The van der Waals surface area contributed by atoms with Gasteiger partial charge in [0.05, 0.1) is 5.41 Å². The number of ether oxygens (including phenoxy) is 1. The van der Waals surface area contributed by atoms with E-state index in [0.29, 0.717) is 12.3 Å². The van der Waals surface area contributed by atoms with Gasteiger partial charge < -0.3 is 9.64 Å². The molecule has 3 aromatic rings. The van der Waals surface area contributed by atoms with Crippen molar-refractivity contribution < 1.29 is 9.94 Å². The van der Waals surface area contributed by atoms with E-state index in [2.05, 4.69) is 49.1 Å². The van der Waals surface area contributed by atoms with E-state index >= 15 is 0 Å². The van der Waals surface area contributed by atoms with Crippen molar-refractivity contribution in [1.29, 1.82) is 0 Å². The van der Waals surface area contributed by atoms with E-state index in [-0.39, 0.29) is 5.41 Å². The number of likely N-dealkylation sites (N-methyl/N-ethyl adjacent to an activating group) is 1. The molecule has 0 saturated carbocycles. The molecule has 3 aromatic carbocycles. The Balaban J connectivity index is 1.72. The maximum absolute atomic E-state index is 11.0. The Labute approximate surface area is 153 Å². The fraction of sp³-hybridized carbons (Fsp3) is 0.273. The summed E-state index contributed by atoms with van der Waals surface area (Å²) in [6, 6.07) is 20.5. The van der Waals surface area contributed by atoms with Gasteiger partial charge in [0, 0.05) is 18.1 Å². The van der Waals surface area contributed by atoms with Crippen LogP contribution in [0.4, 0.5) is 11.4 Å². The van der Waals surface area contributed by atoms with Crippen LogP contribution in [0.25, 0.3) is 10.8 Å². The van der Waals surface area contributed by atoms with E-state index in [4.69, 9.17) is 4.74 Å². The van der Waals surface area contributed by atoms with Crippen molar-refractivity contribution in [2.24, 2.45) is 0 Å². The molecule has 4 nitrogen and oxygen atoms in total. The summed E-state index contributed by atoms with van der Waals surface area (Å²) < 4.78 is 6.69.